The van der Waals surface area contributed by atoms with E-state index in [0.717, 1.165) is 17.6 Å². The van der Waals surface area contributed by atoms with Gasteiger partial charge in [0.25, 0.3) is 0 Å². The Morgan fingerprint density at radius 2 is 2.10 bits per heavy atom. The zero-order valence-corrected chi connectivity index (χ0v) is 12.4. The Labute approximate surface area is 123 Å². The number of benzene rings is 1. The molecule has 1 aliphatic heterocycles. The van der Waals surface area contributed by atoms with Crippen LogP contribution in [-0.4, -0.2) is 19.1 Å². The van der Waals surface area contributed by atoms with Crippen LogP contribution in [0, 0.1) is 0 Å². The lowest BCUT2D eigenvalue weighted by molar-refractivity contribution is -0.116. The number of halogens is 1. The average Bonchev–Trinajstić information content (AvgIpc) is 2.61. The number of allylic oxidation sites excluding steroid dienone is 1. The molecule has 0 fully saturated rings. The van der Waals surface area contributed by atoms with Gasteiger partial charge in [0, 0.05) is 19.0 Å². The Morgan fingerprint density at radius 3 is 2.85 bits per heavy atom. The van der Waals surface area contributed by atoms with E-state index in [-0.39, 0.29) is 5.91 Å². The van der Waals surface area contributed by atoms with E-state index in [1.54, 1.807) is 12.1 Å². The molecule has 4 nitrogen and oxygen atoms in total. The minimum atomic E-state index is -0.117. The zero-order valence-electron chi connectivity index (χ0n) is 11.7. The van der Waals surface area contributed by atoms with Gasteiger partial charge in [-0.25, -0.2) is 0 Å². The smallest absolute Gasteiger partial charge is 0.244 e. The van der Waals surface area contributed by atoms with E-state index in [1.807, 2.05) is 19.9 Å². The largest absolute Gasteiger partial charge is 0.489 e. The van der Waals surface area contributed by atoms with Crippen molar-refractivity contribution in [2.75, 3.05) is 13.2 Å². The van der Waals surface area contributed by atoms with Crippen molar-refractivity contribution in [3.8, 4) is 11.5 Å². The summed E-state index contributed by atoms with van der Waals surface area (Å²) >= 11 is 6.19. The lowest BCUT2D eigenvalue weighted by Gasteiger charge is -2.11. The van der Waals surface area contributed by atoms with Crippen molar-refractivity contribution in [2.45, 2.75) is 26.8 Å². The van der Waals surface area contributed by atoms with Crippen molar-refractivity contribution in [1.82, 2.24) is 5.32 Å². The van der Waals surface area contributed by atoms with Crippen LogP contribution in [0.5, 0.6) is 11.5 Å². The van der Waals surface area contributed by atoms with Gasteiger partial charge in [-0.05, 0) is 31.5 Å². The quantitative estimate of drug-likeness (QED) is 0.872. The Morgan fingerprint density at radius 1 is 1.35 bits per heavy atom. The number of carbonyl (C=O) groups excluding carboxylic acids is 1. The summed E-state index contributed by atoms with van der Waals surface area (Å²) < 4.78 is 11.2. The molecule has 1 heterocycles. The van der Waals surface area contributed by atoms with Crippen molar-refractivity contribution in [3.05, 3.63) is 34.4 Å². The van der Waals surface area contributed by atoms with Crippen LogP contribution in [-0.2, 0) is 11.3 Å². The molecule has 0 radical (unpaired) electrons. The third kappa shape index (κ3) is 3.90. The summed E-state index contributed by atoms with van der Waals surface area (Å²) in [6.45, 7) is 5.37. The summed E-state index contributed by atoms with van der Waals surface area (Å²) in [5, 5.41) is 3.32. The molecule has 1 aliphatic rings. The Bertz CT molecular complexity index is 536. The molecule has 0 aliphatic carbocycles. The third-order valence-electron chi connectivity index (χ3n) is 2.75. The lowest BCUT2D eigenvalue weighted by atomic mass is 10.2. The predicted octanol–water partition coefficient (Wildman–Crippen LogP) is 3.08. The molecule has 0 unspecified atom stereocenters. The molecule has 0 aromatic heterocycles. The van der Waals surface area contributed by atoms with Crippen molar-refractivity contribution in [3.63, 3.8) is 0 Å². The third-order valence-corrected chi connectivity index (χ3v) is 3.03. The molecule has 1 aromatic rings. The number of amides is 1. The van der Waals surface area contributed by atoms with E-state index in [9.17, 15) is 4.79 Å². The molecule has 20 heavy (non-hydrogen) atoms. The second kappa shape index (κ2) is 6.66. The Kier molecular flexibility index (Phi) is 4.90. The van der Waals surface area contributed by atoms with Crippen LogP contribution < -0.4 is 14.8 Å². The number of nitrogens with one attached hydrogen (secondary N) is 1. The number of hydrogen-bond donors (Lipinski definition) is 1. The second-order valence-corrected chi connectivity index (χ2v) is 5.30. The topological polar surface area (TPSA) is 47.6 Å². The molecule has 0 bridgehead atoms. The maximum absolute atomic E-state index is 11.6. The fraction of sp³-hybridized carbons (Fsp3) is 0.400. The summed E-state index contributed by atoms with van der Waals surface area (Å²) in [6, 6.07) is 3.65. The van der Waals surface area contributed by atoms with E-state index in [0.29, 0.717) is 36.3 Å². The van der Waals surface area contributed by atoms with Crippen molar-refractivity contribution < 1.29 is 14.3 Å². The molecule has 0 saturated carbocycles. The van der Waals surface area contributed by atoms with Crippen molar-refractivity contribution in [2.24, 2.45) is 0 Å². The minimum Gasteiger partial charge on any atom is -0.489 e. The first-order valence-electron chi connectivity index (χ1n) is 6.57. The van der Waals surface area contributed by atoms with Crippen LogP contribution in [0.25, 0.3) is 0 Å². The van der Waals surface area contributed by atoms with E-state index >= 15 is 0 Å². The molecular weight excluding hydrogens is 278 g/mol. The highest BCUT2D eigenvalue weighted by molar-refractivity contribution is 6.32. The number of ether oxygens (including phenoxy) is 2. The summed E-state index contributed by atoms with van der Waals surface area (Å²) in [6.07, 6.45) is 2.39. The maximum Gasteiger partial charge on any atom is 0.244 e. The number of fused-ring (bicyclic) bond motifs is 1. The van der Waals surface area contributed by atoms with Crippen LogP contribution in [0.15, 0.2) is 23.8 Å². The number of hydrogen-bond acceptors (Lipinski definition) is 3. The molecule has 1 N–H and O–H groups in total. The summed E-state index contributed by atoms with van der Waals surface area (Å²) in [7, 11) is 0. The molecule has 108 valence electrons. The van der Waals surface area contributed by atoms with E-state index in [1.165, 1.54) is 0 Å². The monoisotopic (exact) mass is 295 g/mol. The van der Waals surface area contributed by atoms with Gasteiger partial charge in [0.2, 0.25) is 5.91 Å². The van der Waals surface area contributed by atoms with Crippen molar-refractivity contribution in [1.29, 1.82) is 0 Å². The van der Waals surface area contributed by atoms with Gasteiger partial charge < -0.3 is 14.8 Å². The van der Waals surface area contributed by atoms with E-state index < -0.39 is 0 Å². The number of carbonyl (C=O) groups is 1. The zero-order chi connectivity index (χ0) is 14.5. The molecule has 0 atom stereocenters. The van der Waals surface area contributed by atoms with Gasteiger partial charge in [-0.15, -0.1) is 0 Å². The van der Waals surface area contributed by atoms with Crippen LogP contribution in [0.2, 0.25) is 5.02 Å². The highest BCUT2D eigenvalue weighted by Gasteiger charge is 2.15. The Balaban J connectivity index is 2.10. The van der Waals surface area contributed by atoms with Gasteiger partial charge in [0.15, 0.2) is 11.5 Å². The lowest BCUT2D eigenvalue weighted by Crippen LogP contribution is -2.20. The van der Waals surface area contributed by atoms with Crippen LogP contribution in [0.1, 0.15) is 25.8 Å². The van der Waals surface area contributed by atoms with Gasteiger partial charge in [-0.1, -0.05) is 17.2 Å². The predicted molar refractivity (Wildman–Crippen MR) is 78.3 cm³/mol. The van der Waals surface area contributed by atoms with Crippen LogP contribution in [0.3, 0.4) is 0 Å². The standard InChI is InChI=1S/C15H18ClNO3/c1-10(2)6-14(18)17-9-11-7-12(16)15-13(8-11)19-4-3-5-20-15/h6-8H,3-5,9H2,1-2H3,(H,17,18). The molecule has 5 heteroatoms. The van der Waals surface area contributed by atoms with Gasteiger partial charge in [-0.3, -0.25) is 4.79 Å². The summed E-state index contributed by atoms with van der Waals surface area (Å²) in [4.78, 5) is 11.6. The first-order valence-corrected chi connectivity index (χ1v) is 6.95. The van der Waals surface area contributed by atoms with Crippen LogP contribution in [0.4, 0.5) is 0 Å². The SMILES string of the molecule is CC(C)=CC(=O)NCc1cc(Cl)c2c(c1)OCCCO2. The van der Waals surface area contributed by atoms with Gasteiger partial charge in [0.1, 0.15) is 0 Å². The normalized spacial score (nSPS) is 13.3. The van der Waals surface area contributed by atoms with Gasteiger partial charge >= 0.3 is 0 Å². The highest BCUT2D eigenvalue weighted by Crippen LogP contribution is 2.37. The van der Waals surface area contributed by atoms with Crippen LogP contribution >= 0.6 is 11.6 Å². The highest BCUT2D eigenvalue weighted by atomic mass is 35.5. The Hall–Kier alpha value is -1.68. The van der Waals surface area contributed by atoms with E-state index in [4.69, 9.17) is 21.1 Å². The van der Waals surface area contributed by atoms with E-state index in [2.05, 4.69) is 5.32 Å². The first kappa shape index (κ1) is 14.7. The van der Waals surface area contributed by atoms with Crippen molar-refractivity contribution >= 4 is 17.5 Å². The molecule has 0 spiro atoms. The molecule has 1 aromatic carbocycles. The fourth-order valence-electron chi connectivity index (χ4n) is 1.89. The average molecular weight is 296 g/mol. The molecule has 1 amide bonds. The minimum absolute atomic E-state index is 0.117. The second-order valence-electron chi connectivity index (χ2n) is 4.89. The fourth-order valence-corrected chi connectivity index (χ4v) is 2.18. The molecule has 0 saturated heterocycles. The maximum atomic E-state index is 11.6. The summed E-state index contributed by atoms with van der Waals surface area (Å²) in [5.41, 5.74) is 1.84. The summed E-state index contributed by atoms with van der Waals surface area (Å²) in [5.74, 6) is 1.11. The molecule has 2 rings (SSSR count). The molecular formula is C15H18ClNO3. The van der Waals surface area contributed by atoms with Gasteiger partial charge in [0.05, 0.1) is 18.2 Å². The first-order chi connectivity index (χ1) is 9.56. The number of rotatable bonds is 3. The van der Waals surface area contributed by atoms with Gasteiger partial charge in [-0.2, -0.15) is 0 Å².